The molecule has 0 saturated carbocycles. The van der Waals surface area contributed by atoms with E-state index in [1.165, 1.54) is 15.9 Å². The minimum atomic E-state index is -0.575. The van der Waals surface area contributed by atoms with Crippen molar-refractivity contribution in [3.63, 3.8) is 0 Å². The molecule has 0 fully saturated rings. The predicted octanol–water partition coefficient (Wildman–Crippen LogP) is 4.38. The second-order valence-electron chi connectivity index (χ2n) is 7.13. The molecule has 1 N–H and O–H groups in total. The van der Waals surface area contributed by atoms with E-state index in [0.717, 1.165) is 27.8 Å². The predicted molar refractivity (Wildman–Crippen MR) is 126 cm³/mol. The van der Waals surface area contributed by atoms with E-state index in [1.807, 2.05) is 32.0 Å². The standard InChI is InChI=1S/C23H20ClN3O3S/c1-3-15-6-4-5-14(2)20(15)25-19(28)13-26-18-11-12-31-21(18)22(29)27(23(26)30)17-9-7-16(24)8-10-17/h4-12H,3,13H2,1-2H3,(H,25,28). The second kappa shape index (κ2) is 8.53. The van der Waals surface area contributed by atoms with E-state index in [1.54, 1.807) is 35.7 Å². The Morgan fingerprint density at radius 3 is 2.55 bits per heavy atom. The highest BCUT2D eigenvalue weighted by Gasteiger charge is 2.18. The van der Waals surface area contributed by atoms with Crippen LogP contribution in [-0.4, -0.2) is 15.0 Å². The van der Waals surface area contributed by atoms with E-state index < -0.39 is 11.2 Å². The average Bonchev–Trinajstić information content (AvgIpc) is 3.24. The van der Waals surface area contributed by atoms with Crippen LogP contribution < -0.4 is 16.6 Å². The molecule has 4 rings (SSSR count). The van der Waals surface area contributed by atoms with Gasteiger partial charge in [0.15, 0.2) is 0 Å². The zero-order valence-corrected chi connectivity index (χ0v) is 18.6. The van der Waals surface area contributed by atoms with Gasteiger partial charge < -0.3 is 5.32 Å². The summed E-state index contributed by atoms with van der Waals surface area (Å²) in [5, 5.41) is 5.18. The number of rotatable bonds is 5. The molecule has 1 amide bonds. The van der Waals surface area contributed by atoms with Gasteiger partial charge >= 0.3 is 5.69 Å². The fourth-order valence-electron chi connectivity index (χ4n) is 3.58. The third kappa shape index (κ3) is 3.94. The van der Waals surface area contributed by atoms with Gasteiger partial charge in [0, 0.05) is 10.7 Å². The molecule has 0 radical (unpaired) electrons. The minimum Gasteiger partial charge on any atom is -0.324 e. The first-order chi connectivity index (χ1) is 14.9. The van der Waals surface area contributed by atoms with Gasteiger partial charge in [0.2, 0.25) is 5.91 Å². The van der Waals surface area contributed by atoms with Crippen molar-refractivity contribution in [2.45, 2.75) is 26.8 Å². The summed E-state index contributed by atoms with van der Waals surface area (Å²) < 4.78 is 2.82. The number of carbonyl (C=O) groups is 1. The lowest BCUT2D eigenvalue weighted by Gasteiger charge is -2.15. The number of thiophene rings is 1. The highest BCUT2D eigenvalue weighted by molar-refractivity contribution is 7.17. The van der Waals surface area contributed by atoms with Crippen molar-refractivity contribution < 1.29 is 4.79 Å². The van der Waals surface area contributed by atoms with Gasteiger partial charge in [-0.2, -0.15) is 0 Å². The van der Waals surface area contributed by atoms with Crippen LogP contribution in [0.25, 0.3) is 15.9 Å². The summed E-state index contributed by atoms with van der Waals surface area (Å²) in [6.45, 7) is 3.74. The average molecular weight is 454 g/mol. The molecule has 0 aliphatic carbocycles. The summed E-state index contributed by atoms with van der Waals surface area (Å²) in [5.74, 6) is -0.333. The first-order valence-electron chi connectivity index (χ1n) is 9.78. The van der Waals surface area contributed by atoms with E-state index in [0.29, 0.717) is 20.9 Å². The van der Waals surface area contributed by atoms with Gasteiger partial charge in [-0.1, -0.05) is 36.7 Å². The molecular weight excluding hydrogens is 434 g/mol. The van der Waals surface area contributed by atoms with E-state index in [2.05, 4.69) is 5.32 Å². The van der Waals surface area contributed by atoms with Gasteiger partial charge in [-0.25, -0.2) is 9.36 Å². The van der Waals surface area contributed by atoms with Crippen molar-refractivity contribution in [1.29, 1.82) is 0 Å². The van der Waals surface area contributed by atoms with Gasteiger partial charge in [-0.05, 0) is 60.2 Å². The number of carbonyl (C=O) groups excluding carboxylic acids is 1. The molecule has 0 atom stereocenters. The van der Waals surface area contributed by atoms with Gasteiger partial charge in [0.25, 0.3) is 5.56 Å². The number of fused-ring (bicyclic) bond motifs is 1. The molecule has 6 nitrogen and oxygen atoms in total. The molecular formula is C23H20ClN3O3S. The normalized spacial score (nSPS) is 11.1. The van der Waals surface area contributed by atoms with E-state index in [4.69, 9.17) is 11.6 Å². The molecule has 0 bridgehead atoms. The van der Waals surface area contributed by atoms with Crippen LogP contribution in [-0.2, 0) is 17.8 Å². The number of nitrogens with one attached hydrogen (secondary N) is 1. The molecule has 4 aromatic rings. The van der Waals surface area contributed by atoms with Crippen LogP contribution in [0.5, 0.6) is 0 Å². The molecule has 8 heteroatoms. The summed E-state index contributed by atoms with van der Waals surface area (Å²) >= 11 is 7.19. The number of halogens is 1. The molecule has 0 unspecified atom stereocenters. The van der Waals surface area contributed by atoms with Gasteiger partial charge in [0.1, 0.15) is 11.2 Å². The highest BCUT2D eigenvalue weighted by Crippen LogP contribution is 2.22. The minimum absolute atomic E-state index is 0.211. The number of amides is 1. The number of aryl methyl sites for hydroxylation is 2. The molecule has 0 spiro atoms. The summed E-state index contributed by atoms with van der Waals surface area (Å²) in [6, 6.07) is 14.0. The number of para-hydroxylation sites is 1. The lowest BCUT2D eigenvalue weighted by Crippen LogP contribution is -2.40. The van der Waals surface area contributed by atoms with Crippen molar-refractivity contribution in [2.24, 2.45) is 0 Å². The van der Waals surface area contributed by atoms with Crippen LogP contribution in [0.15, 0.2) is 63.5 Å². The summed E-state index contributed by atoms with van der Waals surface area (Å²) in [4.78, 5) is 39.2. The number of benzene rings is 2. The van der Waals surface area contributed by atoms with Crippen molar-refractivity contribution in [3.8, 4) is 5.69 Å². The van der Waals surface area contributed by atoms with Crippen LogP contribution in [0, 0.1) is 6.92 Å². The topological polar surface area (TPSA) is 73.1 Å². The number of aromatic nitrogens is 2. The fourth-order valence-corrected chi connectivity index (χ4v) is 4.53. The Hall–Kier alpha value is -3.16. The highest BCUT2D eigenvalue weighted by atomic mass is 35.5. The number of hydrogen-bond donors (Lipinski definition) is 1. The van der Waals surface area contributed by atoms with E-state index in [9.17, 15) is 14.4 Å². The Labute approximate surface area is 187 Å². The van der Waals surface area contributed by atoms with Gasteiger partial charge in [-0.3, -0.25) is 14.2 Å². The smallest absolute Gasteiger partial charge is 0.324 e. The Balaban J connectivity index is 1.79. The molecule has 158 valence electrons. The van der Waals surface area contributed by atoms with Crippen molar-refractivity contribution in [2.75, 3.05) is 5.32 Å². The summed E-state index contributed by atoms with van der Waals surface area (Å²) in [6.07, 6.45) is 0.771. The third-order valence-electron chi connectivity index (χ3n) is 5.15. The van der Waals surface area contributed by atoms with Crippen molar-refractivity contribution >= 4 is 44.7 Å². The molecule has 0 aliphatic rings. The molecule has 2 aromatic carbocycles. The molecule has 0 aliphatic heterocycles. The first-order valence-corrected chi connectivity index (χ1v) is 11.0. The molecule has 2 aromatic heterocycles. The SMILES string of the molecule is CCc1cccc(C)c1NC(=O)Cn1c(=O)n(-c2ccc(Cl)cc2)c(=O)c2sccc21. The summed E-state index contributed by atoms with van der Waals surface area (Å²) in [5.41, 5.74) is 2.59. The van der Waals surface area contributed by atoms with Crippen molar-refractivity contribution in [3.05, 3.63) is 90.9 Å². The maximum absolute atomic E-state index is 13.3. The Morgan fingerprint density at radius 2 is 1.84 bits per heavy atom. The van der Waals surface area contributed by atoms with Crippen LogP contribution in [0.3, 0.4) is 0 Å². The third-order valence-corrected chi connectivity index (χ3v) is 6.29. The van der Waals surface area contributed by atoms with Gasteiger partial charge in [-0.15, -0.1) is 11.3 Å². The maximum atomic E-state index is 13.3. The number of anilines is 1. The van der Waals surface area contributed by atoms with Crippen molar-refractivity contribution in [1.82, 2.24) is 9.13 Å². The zero-order valence-electron chi connectivity index (χ0n) is 17.0. The summed E-state index contributed by atoms with van der Waals surface area (Å²) in [7, 11) is 0. The molecule has 31 heavy (non-hydrogen) atoms. The van der Waals surface area contributed by atoms with E-state index in [-0.39, 0.29) is 12.5 Å². The largest absolute Gasteiger partial charge is 0.336 e. The number of nitrogens with zero attached hydrogens (tertiary/aromatic N) is 2. The lowest BCUT2D eigenvalue weighted by molar-refractivity contribution is -0.116. The Kier molecular flexibility index (Phi) is 5.80. The molecule has 2 heterocycles. The van der Waals surface area contributed by atoms with Crippen LogP contribution >= 0.6 is 22.9 Å². The first kappa shape index (κ1) is 21.1. The quantitative estimate of drug-likeness (QED) is 0.487. The van der Waals surface area contributed by atoms with Crippen LogP contribution in [0.4, 0.5) is 5.69 Å². The fraction of sp³-hybridized carbons (Fsp3) is 0.174. The Bertz CT molecular complexity index is 1400. The zero-order chi connectivity index (χ0) is 22.1. The molecule has 0 saturated heterocycles. The van der Waals surface area contributed by atoms with E-state index >= 15 is 0 Å². The lowest BCUT2D eigenvalue weighted by atomic mass is 10.1. The Morgan fingerprint density at radius 1 is 1.10 bits per heavy atom. The number of hydrogen-bond acceptors (Lipinski definition) is 4. The van der Waals surface area contributed by atoms with Crippen LogP contribution in [0.1, 0.15) is 18.1 Å². The second-order valence-corrected chi connectivity index (χ2v) is 8.48. The van der Waals surface area contributed by atoms with Gasteiger partial charge in [0.05, 0.1) is 11.2 Å². The van der Waals surface area contributed by atoms with Crippen LogP contribution in [0.2, 0.25) is 5.02 Å². The maximum Gasteiger partial charge on any atom is 0.336 e. The monoisotopic (exact) mass is 453 g/mol.